The number of thiophene rings is 1. The fourth-order valence-corrected chi connectivity index (χ4v) is 9.19. The van der Waals surface area contributed by atoms with Crippen molar-refractivity contribution in [2.45, 2.75) is 0 Å². The lowest BCUT2D eigenvalue weighted by molar-refractivity contribution is 0.669. The Morgan fingerprint density at radius 1 is 0.333 bits per heavy atom. The molecule has 0 N–H and O–H groups in total. The maximum absolute atomic E-state index is 6.27. The normalized spacial score (nSPS) is 12.2. The van der Waals surface area contributed by atoms with E-state index in [4.69, 9.17) is 4.42 Å². The zero-order chi connectivity index (χ0) is 31.3. The Labute approximate surface area is 279 Å². The summed E-state index contributed by atoms with van der Waals surface area (Å²) in [7, 11) is 0. The van der Waals surface area contributed by atoms with Gasteiger partial charge in [0.05, 0.1) is 0 Å². The van der Waals surface area contributed by atoms with E-state index < -0.39 is 0 Å². The molecule has 11 aromatic rings. The first-order valence-corrected chi connectivity index (χ1v) is 17.2. The van der Waals surface area contributed by atoms with Gasteiger partial charge in [-0.1, -0.05) is 115 Å². The van der Waals surface area contributed by atoms with Crippen molar-refractivity contribution in [2.24, 2.45) is 0 Å². The van der Waals surface area contributed by atoms with Crippen LogP contribution in [0.25, 0.3) is 107 Å². The van der Waals surface area contributed by atoms with Gasteiger partial charge in [-0.15, -0.1) is 11.3 Å². The Balaban J connectivity index is 1.18. The molecule has 0 radical (unpaired) electrons. The predicted octanol–water partition coefficient (Wildman–Crippen LogP) is 13.9. The van der Waals surface area contributed by atoms with Crippen LogP contribution in [-0.2, 0) is 0 Å². The summed E-state index contributed by atoms with van der Waals surface area (Å²) < 4.78 is 8.88. The Kier molecular flexibility index (Phi) is 5.32. The van der Waals surface area contributed by atoms with Gasteiger partial charge in [0.2, 0.25) is 0 Å². The molecule has 2 heteroatoms. The first-order chi connectivity index (χ1) is 23.8. The number of fused-ring (bicyclic) bond motifs is 10. The molecule has 0 saturated carbocycles. The summed E-state index contributed by atoms with van der Waals surface area (Å²) in [6.07, 6.45) is 0. The molecule has 48 heavy (non-hydrogen) atoms. The van der Waals surface area contributed by atoms with E-state index in [2.05, 4.69) is 152 Å². The first-order valence-electron chi connectivity index (χ1n) is 16.4. The summed E-state index contributed by atoms with van der Waals surface area (Å²) in [4.78, 5) is 0. The zero-order valence-corrected chi connectivity index (χ0v) is 26.6. The average Bonchev–Trinajstić information content (AvgIpc) is 3.68. The molecular formula is C46H26OS. The molecule has 0 aliphatic rings. The molecule has 222 valence electrons. The van der Waals surface area contributed by atoms with E-state index in [0.29, 0.717) is 0 Å². The third kappa shape index (κ3) is 3.66. The molecule has 0 spiro atoms. The lowest BCUT2D eigenvalue weighted by Crippen LogP contribution is -1.91. The molecule has 0 fully saturated rings. The van der Waals surface area contributed by atoms with Crippen LogP contribution in [-0.4, -0.2) is 0 Å². The average molecular weight is 627 g/mol. The van der Waals surface area contributed by atoms with Crippen molar-refractivity contribution >= 4 is 96.5 Å². The van der Waals surface area contributed by atoms with Gasteiger partial charge in [-0.25, -0.2) is 0 Å². The molecular weight excluding hydrogens is 601 g/mol. The zero-order valence-electron chi connectivity index (χ0n) is 25.8. The molecule has 0 aliphatic carbocycles. The van der Waals surface area contributed by atoms with Crippen molar-refractivity contribution in [1.29, 1.82) is 0 Å². The van der Waals surface area contributed by atoms with Gasteiger partial charge >= 0.3 is 0 Å². The number of hydrogen-bond acceptors (Lipinski definition) is 2. The van der Waals surface area contributed by atoms with Crippen molar-refractivity contribution in [3.05, 3.63) is 158 Å². The molecule has 9 aromatic carbocycles. The van der Waals surface area contributed by atoms with Crippen molar-refractivity contribution in [3.63, 3.8) is 0 Å². The van der Waals surface area contributed by atoms with Crippen LogP contribution < -0.4 is 0 Å². The Morgan fingerprint density at radius 3 is 1.73 bits per heavy atom. The summed E-state index contributed by atoms with van der Waals surface area (Å²) in [6, 6.07) is 57.9. The van der Waals surface area contributed by atoms with E-state index in [9.17, 15) is 0 Å². The van der Waals surface area contributed by atoms with Crippen molar-refractivity contribution in [2.75, 3.05) is 0 Å². The van der Waals surface area contributed by atoms with Crippen LogP contribution in [0.2, 0.25) is 0 Å². The molecule has 2 aromatic heterocycles. The third-order valence-electron chi connectivity index (χ3n) is 10.2. The summed E-state index contributed by atoms with van der Waals surface area (Å²) in [6.45, 7) is 0. The highest BCUT2D eigenvalue weighted by molar-refractivity contribution is 7.25. The van der Waals surface area contributed by atoms with Crippen LogP contribution in [0.5, 0.6) is 0 Å². The standard InChI is InChI=1S/C46H26OS/c1-2-12-31-27(10-1)11-9-18-33(31)46-36-16-5-3-14-34(36)45(35-15-4-6-17-37(35)46)28-20-21-43-39(22-28)40-24-29-25-42-38(23-30(29)26-44(40)48-43)32-13-7-8-19-41(32)47-42/h1-26H. The van der Waals surface area contributed by atoms with Crippen LogP contribution in [0.15, 0.2) is 162 Å². The van der Waals surface area contributed by atoms with Crippen LogP contribution in [0, 0.1) is 0 Å². The molecule has 11 rings (SSSR count). The maximum atomic E-state index is 6.27. The second-order valence-electron chi connectivity index (χ2n) is 12.8. The minimum atomic E-state index is 0.936. The minimum Gasteiger partial charge on any atom is -0.456 e. The molecule has 0 bridgehead atoms. The molecule has 0 atom stereocenters. The van der Waals surface area contributed by atoms with Gasteiger partial charge in [0.25, 0.3) is 0 Å². The number of para-hydroxylation sites is 1. The van der Waals surface area contributed by atoms with Gasteiger partial charge in [-0.2, -0.15) is 0 Å². The highest BCUT2D eigenvalue weighted by Gasteiger charge is 2.19. The van der Waals surface area contributed by atoms with E-state index in [1.54, 1.807) is 0 Å². The van der Waals surface area contributed by atoms with Gasteiger partial charge in [-0.3, -0.25) is 0 Å². The topological polar surface area (TPSA) is 13.1 Å². The van der Waals surface area contributed by atoms with Gasteiger partial charge in [0, 0.05) is 30.9 Å². The number of furan rings is 1. The minimum absolute atomic E-state index is 0.936. The smallest absolute Gasteiger partial charge is 0.136 e. The summed E-state index contributed by atoms with van der Waals surface area (Å²) in [5.41, 5.74) is 6.98. The third-order valence-corrected chi connectivity index (χ3v) is 11.3. The number of hydrogen-bond donors (Lipinski definition) is 0. The van der Waals surface area contributed by atoms with E-state index in [0.717, 1.165) is 11.2 Å². The lowest BCUT2D eigenvalue weighted by atomic mass is 9.84. The Morgan fingerprint density at radius 2 is 0.938 bits per heavy atom. The number of benzene rings is 9. The molecule has 0 saturated heterocycles. The lowest BCUT2D eigenvalue weighted by Gasteiger charge is -2.19. The second kappa shape index (κ2) is 9.78. The Hall–Kier alpha value is -5.96. The highest BCUT2D eigenvalue weighted by Crippen LogP contribution is 2.47. The van der Waals surface area contributed by atoms with Crippen molar-refractivity contribution in [1.82, 2.24) is 0 Å². The number of rotatable bonds is 2. The van der Waals surface area contributed by atoms with E-state index in [1.165, 1.54) is 96.3 Å². The predicted molar refractivity (Wildman–Crippen MR) is 208 cm³/mol. The van der Waals surface area contributed by atoms with Crippen LogP contribution >= 0.6 is 11.3 Å². The van der Waals surface area contributed by atoms with Gasteiger partial charge in [-0.05, 0) is 108 Å². The van der Waals surface area contributed by atoms with E-state index >= 15 is 0 Å². The van der Waals surface area contributed by atoms with Crippen LogP contribution in [0.1, 0.15) is 0 Å². The fraction of sp³-hybridized carbons (Fsp3) is 0. The van der Waals surface area contributed by atoms with Crippen molar-refractivity contribution in [3.8, 4) is 22.3 Å². The Bertz CT molecular complexity index is 3060. The van der Waals surface area contributed by atoms with Crippen molar-refractivity contribution < 1.29 is 4.42 Å². The molecule has 0 unspecified atom stereocenters. The van der Waals surface area contributed by atoms with Crippen LogP contribution in [0.3, 0.4) is 0 Å². The molecule has 1 nitrogen and oxygen atoms in total. The van der Waals surface area contributed by atoms with Crippen LogP contribution in [0.4, 0.5) is 0 Å². The first kappa shape index (κ1) is 26.1. The van der Waals surface area contributed by atoms with Gasteiger partial charge in [0.1, 0.15) is 11.2 Å². The van der Waals surface area contributed by atoms with E-state index in [1.807, 2.05) is 17.4 Å². The summed E-state index contributed by atoms with van der Waals surface area (Å²) in [5, 5.41) is 15.0. The largest absolute Gasteiger partial charge is 0.456 e. The van der Waals surface area contributed by atoms with E-state index in [-0.39, 0.29) is 0 Å². The van der Waals surface area contributed by atoms with Gasteiger partial charge < -0.3 is 4.42 Å². The van der Waals surface area contributed by atoms with Gasteiger partial charge in [0.15, 0.2) is 0 Å². The molecule has 0 aliphatic heterocycles. The maximum Gasteiger partial charge on any atom is 0.136 e. The highest BCUT2D eigenvalue weighted by atomic mass is 32.1. The molecule has 0 amide bonds. The summed E-state index contributed by atoms with van der Waals surface area (Å²) >= 11 is 1.88. The second-order valence-corrected chi connectivity index (χ2v) is 13.9. The SMILES string of the molecule is c1ccc2c(-c3c4ccccc4c(-c4ccc5sc6cc7cc8c(cc7cc6c5c4)oc4ccccc48)c4ccccc34)cccc2c1. The summed E-state index contributed by atoms with van der Waals surface area (Å²) in [5.74, 6) is 0. The molecule has 2 heterocycles. The quantitative estimate of drug-likeness (QED) is 0.174. The fourth-order valence-electron chi connectivity index (χ4n) is 8.07. The monoisotopic (exact) mass is 626 g/mol.